The van der Waals surface area contributed by atoms with Crippen molar-refractivity contribution in [1.82, 2.24) is 24.3 Å². The maximum absolute atomic E-state index is 12.5. The molecule has 3 aliphatic rings. The number of rotatable bonds is 3. The summed E-state index contributed by atoms with van der Waals surface area (Å²) in [6.45, 7) is 11.4. The number of likely N-dealkylation sites (tertiary alicyclic amines) is 2. The lowest BCUT2D eigenvalue weighted by Gasteiger charge is -2.45. The normalized spacial score (nSPS) is 25.5. The van der Waals surface area contributed by atoms with Gasteiger partial charge >= 0.3 is 6.09 Å². The molecule has 2 atom stereocenters. The molecule has 0 saturated carbocycles. The van der Waals surface area contributed by atoms with Crippen LogP contribution in [0.3, 0.4) is 0 Å². The van der Waals surface area contributed by atoms with Gasteiger partial charge in [0.2, 0.25) is 0 Å². The summed E-state index contributed by atoms with van der Waals surface area (Å²) in [5, 5.41) is 1.40. The van der Waals surface area contributed by atoms with Crippen molar-refractivity contribution < 1.29 is 14.3 Å². The fourth-order valence-corrected chi connectivity index (χ4v) is 6.27. The lowest BCUT2D eigenvalue weighted by molar-refractivity contribution is -0.0364. The lowest BCUT2D eigenvalue weighted by atomic mass is 9.85. The summed E-state index contributed by atoms with van der Waals surface area (Å²) in [5.74, 6) is 0. The highest BCUT2D eigenvalue weighted by molar-refractivity contribution is 6.34. The summed E-state index contributed by atoms with van der Waals surface area (Å²) in [7, 11) is 0. The van der Waals surface area contributed by atoms with Gasteiger partial charge in [0.05, 0.1) is 11.5 Å². The maximum atomic E-state index is 12.5. The highest BCUT2D eigenvalue weighted by Gasteiger charge is 2.45. The van der Waals surface area contributed by atoms with Crippen molar-refractivity contribution >= 4 is 28.7 Å². The molecule has 3 aliphatic heterocycles. The van der Waals surface area contributed by atoms with Crippen LogP contribution in [0.15, 0.2) is 12.5 Å². The Morgan fingerprint density at radius 1 is 1.21 bits per heavy atom. The molecule has 5 rings (SSSR count). The van der Waals surface area contributed by atoms with Crippen LogP contribution in [-0.4, -0.2) is 73.9 Å². The molecule has 0 radical (unpaired) electrons. The number of nitrogens with zero attached hydrogens (tertiary/aromatic N) is 5. The molecule has 34 heavy (non-hydrogen) atoms. The maximum Gasteiger partial charge on any atom is 0.410 e. The van der Waals surface area contributed by atoms with Gasteiger partial charge in [-0.25, -0.2) is 14.8 Å². The van der Waals surface area contributed by atoms with Gasteiger partial charge in [-0.05, 0) is 78.3 Å². The Kier molecular flexibility index (Phi) is 6.27. The Bertz CT molecular complexity index is 1060. The quantitative estimate of drug-likeness (QED) is 0.569. The fourth-order valence-electron chi connectivity index (χ4n) is 5.99. The summed E-state index contributed by atoms with van der Waals surface area (Å²) >= 11 is 6.32. The lowest BCUT2D eigenvalue weighted by Crippen LogP contribution is -2.55. The first-order valence-corrected chi connectivity index (χ1v) is 12.9. The van der Waals surface area contributed by atoms with Gasteiger partial charge in [0.25, 0.3) is 0 Å². The Morgan fingerprint density at radius 3 is 2.71 bits per heavy atom. The van der Waals surface area contributed by atoms with Gasteiger partial charge in [0.1, 0.15) is 29.0 Å². The third-order valence-electron chi connectivity index (χ3n) is 7.66. The number of carbonyl (C=O) groups is 1. The zero-order valence-corrected chi connectivity index (χ0v) is 21.5. The Labute approximate surface area is 206 Å². The number of aromatic nitrogens is 3. The number of fused-ring (bicyclic) bond motifs is 1. The first-order valence-electron chi connectivity index (χ1n) is 12.5. The van der Waals surface area contributed by atoms with E-state index in [0.717, 1.165) is 68.5 Å². The molecule has 2 unspecified atom stereocenters. The monoisotopic (exact) mass is 489 g/mol. The third kappa shape index (κ3) is 4.52. The van der Waals surface area contributed by atoms with Gasteiger partial charge in [-0.1, -0.05) is 11.6 Å². The molecule has 8 nitrogen and oxygen atoms in total. The largest absolute Gasteiger partial charge is 0.444 e. The molecule has 2 aromatic heterocycles. The molecular weight excluding hydrogens is 454 g/mol. The van der Waals surface area contributed by atoms with Crippen LogP contribution in [0.1, 0.15) is 71.1 Å². The number of ether oxygens (including phenoxy) is 2. The SMILES string of the molecule is Cc1cn(C2CCC(CN3CCCC34CCN(C(=O)OC(C)(C)C)CC4)O2)c2ncnc(Cl)c12. The van der Waals surface area contributed by atoms with E-state index in [1.54, 1.807) is 0 Å². The number of aryl methyl sites for hydroxylation is 1. The first kappa shape index (κ1) is 23.8. The molecule has 1 amide bonds. The smallest absolute Gasteiger partial charge is 0.410 e. The van der Waals surface area contributed by atoms with Crippen molar-refractivity contribution in [1.29, 1.82) is 0 Å². The van der Waals surface area contributed by atoms with E-state index in [4.69, 9.17) is 21.1 Å². The van der Waals surface area contributed by atoms with Crippen LogP contribution in [0.5, 0.6) is 0 Å². The predicted molar refractivity (Wildman–Crippen MR) is 131 cm³/mol. The van der Waals surface area contributed by atoms with Crippen LogP contribution in [0, 0.1) is 6.92 Å². The zero-order valence-electron chi connectivity index (χ0n) is 20.7. The number of amides is 1. The third-order valence-corrected chi connectivity index (χ3v) is 7.95. The summed E-state index contributed by atoms with van der Waals surface area (Å²) in [4.78, 5) is 25.7. The van der Waals surface area contributed by atoms with Gasteiger partial charge in [-0.2, -0.15) is 0 Å². The summed E-state index contributed by atoms with van der Waals surface area (Å²) in [6.07, 6.45) is 9.97. The first-order chi connectivity index (χ1) is 16.2. The van der Waals surface area contributed by atoms with Crippen molar-refractivity contribution in [3.8, 4) is 0 Å². The molecule has 5 heterocycles. The van der Waals surface area contributed by atoms with Crippen molar-refractivity contribution in [3.05, 3.63) is 23.2 Å². The minimum absolute atomic E-state index is 0.0280. The van der Waals surface area contributed by atoms with Crippen LogP contribution in [-0.2, 0) is 9.47 Å². The molecule has 0 aromatic carbocycles. The van der Waals surface area contributed by atoms with E-state index < -0.39 is 5.60 Å². The molecule has 9 heteroatoms. The molecule has 0 N–H and O–H groups in total. The van der Waals surface area contributed by atoms with Gasteiger partial charge in [0.15, 0.2) is 0 Å². The highest BCUT2D eigenvalue weighted by Crippen LogP contribution is 2.41. The predicted octanol–water partition coefficient (Wildman–Crippen LogP) is 4.94. The minimum Gasteiger partial charge on any atom is -0.444 e. The second-order valence-electron chi connectivity index (χ2n) is 11.1. The number of hydrogen-bond acceptors (Lipinski definition) is 6. The van der Waals surface area contributed by atoms with Gasteiger partial charge < -0.3 is 18.9 Å². The van der Waals surface area contributed by atoms with E-state index in [9.17, 15) is 4.79 Å². The average Bonchev–Trinajstić information content (AvgIpc) is 3.47. The molecule has 0 bridgehead atoms. The number of carbonyl (C=O) groups excluding carboxylic acids is 1. The summed E-state index contributed by atoms with van der Waals surface area (Å²) in [5.41, 5.74) is 1.64. The van der Waals surface area contributed by atoms with Gasteiger partial charge in [-0.15, -0.1) is 0 Å². The van der Waals surface area contributed by atoms with Crippen LogP contribution in [0.4, 0.5) is 4.79 Å². The number of halogens is 1. The van der Waals surface area contributed by atoms with E-state index >= 15 is 0 Å². The topological polar surface area (TPSA) is 72.7 Å². The second-order valence-corrected chi connectivity index (χ2v) is 11.5. The van der Waals surface area contributed by atoms with E-state index in [1.165, 1.54) is 19.2 Å². The summed E-state index contributed by atoms with van der Waals surface area (Å²) < 4.78 is 14.3. The van der Waals surface area contributed by atoms with Crippen molar-refractivity contribution in [2.75, 3.05) is 26.2 Å². The Hall–Kier alpha value is -1.90. The Morgan fingerprint density at radius 2 is 1.97 bits per heavy atom. The number of piperidine rings is 1. The Balaban J connectivity index is 1.21. The summed E-state index contributed by atoms with van der Waals surface area (Å²) in [6, 6.07) is 0. The standard InChI is InChI=1S/C25H36ClN5O3/c1-17-14-31(22-20(17)21(26)27-16-28-22)19-7-6-18(33-19)15-30-11-5-8-25(30)9-12-29(13-10-25)23(32)34-24(2,3)4/h14,16,18-19H,5-13,15H2,1-4H3. The van der Waals surface area contributed by atoms with Crippen LogP contribution in [0.25, 0.3) is 11.0 Å². The number of hydrogen-bond donors (Lipinski definition) is 0. The molecule has 186 valence electrons. The van der Waals surface area contributed by atoms with Gasteiger partial charge in [0, 0.05) is 31.4 Å². The van der Waals surface area contributed by atoms with Crippen molar-refractivity contribution in [3.63, 3.8) is 0 Å². The van der Waals surface area contributed by atoms with Crippen LogP contribution in [0.2, 0.25) is 5.15 Å². The van der Waals surface area contributed by atoms with Crippen LogP contribution >= 0.6 is 11.6 Å². The molecule has 0 aliphatic carbocycles. The van der Waals surface area contributed by atoms with E-state index in [0.29, 0.717) is 5.15 Å². The van der Waals surface area contributed by atoms with E-state index in [1.807, 2.05) is 32.6 Å². The molecule has 3 fully saturated rings. The molecular formula is C25H36ClN5O3. The van der Waals surface area contributed by atoms with Crippen LogP contribution < -0.4 is 0 Å². The molecule has 3 saturated heterocycles. The molecule has 2 aromatic rings. The van der Waals surface area contributed by atoms with Crippen molar-refractivity contribution in [2.45, 2.75) is 89.7 Å². The zero-order chi connectivity index (χ0) is 24.1. The average molecular weight is 490 g/mol. The van der Waals surface area contributed by atoms with Gasteiger partial charge in [-0.3, -0.25) is 4.90 Å². The van der Waals surface area contributed by atoms with Crippen molar-refractivity contribution in [2.24, 2.45) is 0 Å². The second kappa shape index (κ2) is 8.95. The van der Waals surface area contributed by atoms with E-state index in [-0.39, 0.29) is 24.0 Å². The van der Waals surface area contributed by atoms with E-state index in [2.05, 4.69) is 25.6 Å². The molecule has 1 spiro atoms. The fraction of sp³-hybridized carbons (Fsp3) is 0.720. The minimum atomic E-state index is -0.455. The highest BCUT2D eigenvalue weighted by atomic mass is 35.5.